The van der Waals surface area contributed by atoms with Crippen molar-refractivity contribution in [1.82, 2.24) is 9.13 Å². The van der Waals surface area contributed by atoms with Gasteiger partial charge in [0.25, 0.3) is 0 Å². The van der Waals surface area contributed by atoms with Crippen molar-refractivity contribution in [2.24, 2.45) is 7.05 Å². The molecule has 1 heterocycles. The molecule has 1 aromatic rings. The SMILES string of the molecule is CCn1c(O)cn(C)c1=S. The predicted molar refractivity (Wildman–Crippen MR) is 41.6 cm³/mol. The third-order valence-electron chi connectivity index (χ3n) is 1.43. The van der Waals surface area contributed by atoms with Crippen LogP contribution in [0, 0.1) is 4.77 Å². The highest BCUT2D eigenvalue weighted by Gasteiger charge is 2.00. The second-order valence-electron chi connectivity index (χ2n) is 2.13. The number of aromatic hydroxyl groups is 1. The van der Waals surface area contributed by atoms with E-state index in [1.54, 1.807) is 15.3 Å². The smallest absolute Gasteiger partial charge is 0.210 e. The maximum atomic E-state index is 9.19. The lowest BCUT2D eigenvalue weighted by molar-refractivity contribution is 0.420. The van der Waals surface area contributed by atoms with Crippen LogP contribution in [0.15, 0.2) is 6.20 Å². The highest BCUT2D eigenvalue weighted by atomic mass is 32.1. The molecule has 0 unspecified atom stereocenters. The van der Waals surface area contributed by atoms with Crippen LogP contribution in [-0.4, -0.2) is 14.2 Å². The van der Waals surface area contributed by atoms with Gasteiger partial charge in [0.2, 0.25) is 5.88 Å². The lowest BCUT2D eigenvalue weighted by Gasteiger charge is -1.95. The van der Waals surface area contributed by atoms with Gasteiger partial charge in [0.05, 0.1) is 6.20 Å². The monoisotopic (exact) mass is 158 g/mol. The van der Waals surface area contributed by atoms with Crippen LogP contribution in [0.4, 0.5) is 0 Å². The van der Waals surface area contributed by atoms with E-state index in [0.29, 0.717) is 11.3 Å². The van der Waals surface area contributed by atoms with Gasteiger partial charge in [-0.25, -0.2) is 0 Å². The summed E-state index contributed by atoms with van der Waals surface area (Å²) in [5.74, 6) is 0.231. The van der Waals surface area contributed by atoms with Gasteiger partial charge in [0.1, 0.15) is 0 Å². The Morgan fingerprint density at radius 3 is 2.50 bits per heavy atom. The fourth-order valence-corrected chi connectivity index (χ4v) is 1.16. The minimum Gasteiger partial charge on any atom is -0.493 e. The molecule has 1 rings (SSSR count). The Morgan fingerprint density at radius 2 is 2.30 bits per heavy atom. The van der Waals surface area contributed by atoms with E-state index in [9.17, 15) is 5.11 Å². The first-order chi connectivity index (χ1) is 4.66. The van der Waals surface area contributed by atoms with E-state index >= 15 is 0 Å². The van der Waals surface area contributed by atoms with E-state index in [1.807, 2.05) is 14.0 Å². The Labute approximate surface area is 64.5 Å². The third kappa shape index (κ3) is 0.945. The second kappa shape index (κ2) is 2.46. The topological polar surface area (TPSA) is 30.1 Å². The van der Waals surface area contributed by atoms with Crippen LogP contribution in [0.2, 0.25) is 0 Å². The molecular formula is C6H10N2OS. The summed E-state index contributed by atoms with van der Waals surface area (Å²) in [6, 6.07) is 0. The molecule has 0 aromatic carbocycles. The molecule has 0 atom stereocenters. The molecule has 56 valence electrons. The molecule has 3 nitrogen and oxygen atoms in total. The fraction of sp³-hybridized carbons (Fsp3) is 0.500. The summed E-state index contributed by atoms with van der Waals surface area (Å²) in [7, 11) is 1.81. The van der Waals surface area contributed by atoms with Gasteiger partial charge in [-0.15, -0.1) is 0 Å². The van der Waals surface area contributed by atoms with Crippen LogP contribution in [0.5, 0.6) is 5.88 Å². The first-order valence-electron chi connectivity index (χ1n) is 3.12. The Morgan fingerprint density at radius 1 is 1.70 bits per heavy atom. The molecular weight excluding hydrogens is 148 g/mol. The Hall–Kier alpha value is -0.770. The molecule has 1 N–H and O–H groups in total. The molecule has 0 aliphatic rings. The normalized spacial score (nSPS) is 10.2. The van der Waals surface area contributed by atoms with Crippen molar-refractivity contribution in [1.29, 1.82) is 0 Å². The lowest BCUT2D eigenvalue weighted by atomic mass is 10.7. The number of rotatable bonds is 1. The van der Waals surface area contributed by atoms with Crippen molar-refractivity contribution in [3.05, 3.63) is 11.0 Å². The predicted octanol–water partition coefficient (Wildman–Crippen LogP) is 1.28. The summed E-state index contributed by atoms with van der Waals surface area (Å²) in [5, 5.41) is 9.19. The van der Waals surface area contributed by atoms with Gasteiger partial charge in [-0.05, 0) is 19.1 Å². The summed E-state index contributed by atoms with van der Waals surface area (Å²) in [6.45, 7) is 2.65. The van der Waals surface area contributed by atoms with E-state index in [0.717, 1.165) is 0 Å². The molecule has 0 fully saturated rings. The summed E-state index contributed by atoms with van der Waals surface area (Å²) < 4.78 is 4.03. The zero-order valence-corrected chi connectivity index (χ0v) is 6.85. The van der Waals surface area contributed by atoms with Crippen LogP contribution in [-0.2, 0) is 13.6 Å². The summed E-state index contributed by atoms with van der Waals surface area (Å²) in [4.78, 5) is 0. The first-order valence-corrected chi connectivity index (χ1v) is 3.52. The van der Waals surface area contributed by atoms with Crippen molar-refractivity contribution < 1.29 is 5.11 Å². The number of hydrogen-bond donors (Lipinski definition) is 1. The van der Waals surface area contributed by atoms with Gasteiger partial charge in [-0.2, -0.15) is 0 Å². The molecule has 0 saturated heterocycles. The maximum Gasteiger partial charge on any atom is 0.210 e. The minimum atomic E-state index is 0.231. The van der Waals surface area contributed by atoms with E-state index in [1.165, 1.54) is 0 Å². The average Bonchev–Trinajstić information content (AvgIpc) is 2.09. The molecule has 0 aliphatic heterocycles. The number of aromatic nitrogens is 2. The van der Waals surface area contributed by atoms with Crippen LogP contribution < -0.4 is 0 Å². The summed E-state index contributed by atoms with van der Waals surface area (Å²) >= 11 is 4.98. The van der Waals surface area contributed by atoms with E-state index < -0.39 is 0 Å². The Balaban J connectivity index is 3.34. The van der Waals surface area contributed by atoms with Crippen molar-refractivity contribution in [2.75, 3.05) is 0 Å². The van der Waals surface area contributed by atoms with Gasteiger partial charge >= 0.3 is 0 Å². The molecule has 4 heteroatoms. The molecule has 0 amide bonds. The lowest BCUT2D eigenvalue weighted by Crippen LogP contribution is -1.94. The van der Waals surface area contributed by atoms with Gasteiger partial charge < -0.3 is 9.67 Å². The minimum absolute atomic E-state index is 0.231. The Kier molecular flexibility index (Phi) is 1.80. The standard InChI is InChI=1S/C6H10N2OS/c1-3-8-5(9)4-7(2)6(8)10/h4,9H,3H2,1-2H3. The molecule has 0 bridgehead atoms. The number of imidazole rings is 1. The second-order valence-corrected chi connectivity index (χ2v) is 2.49. The van der Waals surface area contributed by atoms with Crippen molar-refractivity contribution in [3.63, 3.8) is 0 Å². The third-order valence-corrected chi connectivity index (χ3v) is 1.94. The van der Waals surface area contributed by atoms with Crippen molar-refractivity contribution >= 4 is 12.2 Å². The van der Waals surface area contributed by atoms with E-state index in [-0.39, 0.29) is 5.88 Å². The number of hydrogen-bond acceptors (Lipinski definition) is 2. The average molecular weight is 158 g/mol. The fourth-order valence-electron chi connectivity index (χ4n) is 0.884. The number of aryl methyl sites for hydroxylation is 1. The zero-order chi connectivity index (χ0) is 7.72. The largest absolute Gasteiger partial charge is 0.493 e. The van der Waals surface area contributed by atoms with Gasteiger partial charge in [-0.3, -0.25) is 4.57 Å². The first kappa shape index (κ1) is 7.34. The number of nitrogens with zero attached hydrogens (tertiary/aromatic N) is 2. The van der Waals surface area contributed by atoms with Crippen LogP contribution >= 0.6 is 12.2 Å². The summed E-state index contributed by atoms with van der Waals surface area (Å²) in [5.41, 5.74) is 0. The van der Waals surface area contributed by atoms with Gasteiger partial charge in [-0.1, -0.05) is 0 Å². The molecule has 0 saturated carbocycles. The van der Waals surface area contributed by atoms with Crippen LogP contribution in [0.25, 0.3) is 0 Å². The molecule has 1 aromatic heterocycles. The van der Waals surface area contributed by atoms with Crippen molar-refractivity contribution in [3.8, 4) is 5.88 Å². The van der Waals surface area contributed by atoms with Crippen molar-refractivity contribution in [2.45, 2.75) is 13.5 Å². The molecule has 10 heavy (non-hydrogen) atoms. The zero-order valence-electron chi connectivity index (χ0n) is 6.03. The highest BCUT2D eigenvalue weighted by molar-refractivity contribution is 7.71. The summed E-state index contributed by atoms with van der Waals surface area (Å²) in [6.07, 6.45) is 1.60. The van der Waals surface area contributed by atoms with Crippen LogP contribution in [0.1, 0.15) is 6.92 Å². The van der Waals surface area contributed by atoms with Gasteiger partial charge in [0, 0.05) is 13.6 Å². The van der Waals surface area contributed by atoms with Gasteiger partial charge in [0.15, 0.2) is 4.77 Å². The van der Waals surface area contributed by atoms with E-state index in [4.69, 9.17) is 12.2 Å². The molecule has 0 radical (unpaired) electrons. The molecule has 0 spiro atoms. The quantitative estimate of drug-likeness (QED) is 0.624. The highest BCUT2D eigenvalue weighted by Crippen LogP contribution is 2.09. The Bertz CT molecular complexity index is 286. The molecule has 0 aliphatic carbocycles. The van der Waals surface area contributed by atoms with E-state index in [2.05, 4.69) is 0 Å². The van der Waals surface area contributed by atoms with Crippen LogP contribution in [0.3, 0.4) is 0 Å². The maximum absolute atomic E-state index is 9.19.